The number of hydrogen-bond donors (Lipinski definition) is 1. The molecule has 1 aromatic rings. The molecule has 0 aliphatic carbocycles. The van der Waals surface area contributed by atoms with Crippen LogP contribution in [0.4, 0.5) is 5.69 Å². The molecule has 136 valence electrons. The number of carbonyl (C=O) groups is 4. The van der Waals surface area contributed by atoms with Gasteiger partial charge in [-0.3, -0.25) is 19.8 Å². The standard InChI is InChI=1S/C18H19N3O5/c1-10-5-6-13(7-11(10)2)20-15(23)9-18(17(20)25)8-14(16(24)26-4)19-21(18)12(3)22/h5-8,19H,9H2,1-4H3/t18-/m0/s1. The molecule has 2 aliphatic rings. The lowest BCUT2D eigenvalue weighted by atomic mass is 9.96. The summed E-state index contributed by atoms with van der Waals surface area (Å²) in [6, 6.07) is 5.25. The van der Waals surface area contributed by atoms with E-state index in [1.165, 1.54) is 20.1 Å². The minimum absolute atomic E-state index is 0.0502. The van der Waals surface area contributed by atoms with Gasteiger partial charge in [0.2, 0.25) is 11.8 Å². The van der Waals surface area contributed by atoms with E-state index < -0.39 is 29.2 Å². The van der Waals surface area contributed by atoms with Crippen LogP contribution in [0.1, 0.15) is 24.5 Å². The van der Waals surface area contributed by atoms with Crippen molar-refractivity contribution in [2.75, 3.05) is 12.0 Å². The maximum atomic E-state index is 13.2. The molecule has 1 saturated heterocycles. The molecular formula is C18H19N3O5. The zero-order valence-electron chi connectivity index (χ0n) is 15.0. The van der Waals surface area contributed by atoms with Gasteiger partial charge < -0.3 is 4.74 Å². The number of methoxy groups -OCH3 is 1. The average Bonchev–Trinajstić information content (AvgIpc) is 3.08. The topological polar surface area (TPSA) is 96.0 Å². The molecule has 1 aromatic carbocycles. The summed E-state index contributed by atoms with van der Waals surface area (Å²) in [5, 5.41) is 1.01. The van der Waals surface area contributed by atoms with Gasteiger partial charge in [-0.25, -0.2) is 14.7 Å². The van der Waals surface area contributed by atoms with E-state index in [4.69, 9.17) is 0 Å². The highest BCUT2D eigenvalue weighted by atomic mass is 16.5. The van der Waals surface area contributed by atoms with E-state index in [9.17, 15) is 19.2 Å². The number of carbonyl (C=O) groups excluding carboxylic acids is 4. The molecule has 8 nitrogen and oxygen atoms in total. The lowest BCUT2D eigenvalue weighted by molar-refractivity contribution is -0.143. The summed E-state index contributed by atoms with van der Waals surface area (Å²) in [7, 11) is 1.19. The first-order valence-corrected chi connectivity index (χ1v) is 8.04. The van der Waals surface area contributed by atoms with Gasteiger partial charge in [0.1, 0.15) is 5.70 Å². The van der Waals surface area contributed by atoms with Crippen LogP contribution in [0.2, 0.25) is 0 Å². The summed E-state index contributed by atoms with van der Waals surface area (Å²) in [5.74, 6) is -2.26. The van der Waals surface area contributed by atoms with E-state index >= 15 is 0 Å². The summed E-state index contributed by atoms with van der Waals surface area (Å²) in [6.07, 6.45) is 1.04. The fourth-order valence-corrected chi connectivity index (χ4v) is 3.24. The van der Waals surface area contributed by atoms with Gasteiger partial charge in [0.25, 0.3) is 5.91 Å². The Morgan fingerprint density at radius 1 is 1.19 bits per heavy atom. The number of hydrazine groups is 1. The van der Waals surface area contributed by atoms with Gasteiger partial charge in [0.05, 0.1) is 19.2 Å². The number of imide groups is 1. The molecule has 1 N–H and O–H groups in total. The SMILES string of the molecule is COC(=O)C1=C[C@@]2(CC(=O)N(c3ccc(C)c(C)c3)C2=O)N(C(C)=O)N1. The van der Waals surface area contributed by atoms with Crippen LogP contribution >= 0.6 is 0 Å². The lowest BCUT2D eigenvalue weighted by Crippen LogP contribution is -2.56. The largest absolute Gasteiger partial charge is 0.464 e. The second-order valence-corrected chi connectivity index (χ2v) is 6.42. The third kappa shape index (κ3) is 2.45. The number of amides is 3. The number of nitrogens with one attached hydrogen (secondary N) is 1. The number of esters is 1. The Morgan fingerprint density at radius 2 is 1.88 bits per heavy atom. The predicted octanol–water partition coefficient (Wildman–Crippen LogP) is 0.729. The minimum Gasteiger partial charge on any atom is -0.464 e. The second-order valence-electron chi connectivity index (χ2n) is 6.42. The van der Waals surface area contributed by atoms with E-state index in [-0.39, 0.29) is 12.1 Å². The molecule has 1 spiro atoms. The molecule has 0 bridgehead atoms. The Kier molecular flexibility index (Phi) is 4.06. The first kappa shape index (κ1) is 17.7. The molecule has 3 amide bonds. The van der Waals surface area contributed by atoms with Gasteiger partial charge in [-0.2, -0.15) is 0 Å². The van der Waals surface area contributed by atoms with Crippen molar-refractivity contribution < 1.29 is 23.9 Å². The third-order valence-electron chi connectivity index (χ3n) is 4.73. The van der Waals surface area contributed by atoms with Crippen LogP contribution in [0.15, 0.2) is 30.0 Å². The summed E-state index contributed by atoms with van der Waals surface area (Å²) in [6.45, 7) is 5.06. The normalized spacial score (nSPS) is 21.9. The molecule has 2 heterocycles. The summed E-state index contributed by atoms with van der Waals surface area (Å²) in [5.41, 5.74) is 3.36. The first-order chi connectivity index (χ1) is 12.2. The summed E-state index contributed by atoms with van der Waals surface area (Å²) in [4.78, 5) is 50.8. The van der Waals surface area contributed by atoms with Crippen molar-refractivity contribution in [1.29, 1.82) is 0 Å². The highest BCUT2D eigenvalue weighted by molar-refractivity contribution is 6.26. The van der Waals surface area contributed by atoms with E-state index in [0.717, 1.165) is 21.0 Å². The number of nitrogens with zero attached hydrogens (tertiary/aromatic N) is 2. The first-order valence-electron chi connectivity index (χ1n) is 8.04. The highest BCUT2D eigenvalue weighted by Gasteiger charge is 2.59. The molecule has 0 radical (unpaired) electrons. The van der Waals surface area contributed by atoms with Crippen molar-refractivity contribution in [2.24, 2.45) is 0 Å². The fraction of sp³-hybridized carbons (Fsp3) is 0.333. The number of anilines is 1. The lowest BCUT2D eigenvalue weighted by Gasteiger charge is -2.30. The van der Waals surface area contributed by atoms with E-state index in [2.05, 4.69) is 10.2 Å². The van der Waals surface area contributed by atoms with Crippen LogP contribution in [-0.2, 0) is 23.9 Å². The Labute approximate surface area is 150 Å². The number of aryl methyl sites for hydroxylation is 2. The highest BCUT2D eigenvalue weighted by Crippen LogP contribution is 2.38. The molecular weight excluding hydrogens is 338 g/mol. The Hall–Kier alpha value is -3.16. The van der Waals surface area contributed by atoms with Crippen molar-refractivity contribution >= 4 is 29.4 Å². The van der Waals surface area contributed by atoms with Crippen molar-refractivity contribution in [2.45, 2.75) is 32.7 Å². The van der Waals surface area contributed by atoms with Gasteiger partial charge in [0.15, 0.2) is 5.54 Å². The van der Waals surface area contributed by atoms with Gasteiger partial charge in [-0.15, -0.1) is 0 Å². The average molecular weight is 357 g/mol. The molecule has 0 saturated carbocycles. The smallest absolute Gasteiger partial charge is 0.355 e. The Balaban J connectivity index is 2.07. The minimum atomic E-state index is -1.58. The van der Waals surface area contributed by atoms with E-state index in [1.54, 1.807) is 12.1 Å². The second kappa shape index (κ2) is 5.98. The van der Waals surface area contributed by atoms with Crippen molar-refractivity contribution in [3.63, 3.8) is 0 Å². The van der Waals surface area contributed by atoms with Crippen LogP contribution in [-0.4, -0.2) is 41.3 Å². The van der Waals surface area contributed by atoms with Crippen LogP contribution in [0.3, 0.4) is 0 Å². The zero-order chi connectivity index (χ0) is 19.2. The van der Waals surface area contributed by atoms with Crippen molar-refractivity contribution in [1.82, 2.24) is 10.4 Å². The molecule has 3 rings (SSSR count). The number of benzene rings is 1. The monoisotopic (exact) mass is 357 g/mol. The van der Waals surface area contributed by atoms with Gasteiger partial charge in [-0.05, 0) is 43.2 Å². The molecule has 2 aliphatic heterocycles. The van der Waals surface area contributed by atoms with E-state index in [1.807, 2.05) is 19.9 Å². The van der Waals surface area contributed by atoms with Crippen molar-refractivity contribution in [3.8, 4) is 0 Å². The Bertz CT molecular complexity index is 876. The van der Waals surface area contributed by atoms with E-state index in [0.29, 0.717) is 5.69 Å². The Morgan fingerprint density at radius 3 is 2.46 bits per heavy atom. The van der Waals surface area contributed by atoms with Crippen LogP contribution in [0.5, 0.6) is 0 Å². The van der Waals surface area contributed by atoms with Crippen molar-refractivity contribution in [3.05, 3.63) is 41.1 Å². The van der Waals surface area contributed by atoms with Gasteiger partial charge in [-0.1, -0.05) is 6.07 Å². The van der Waals surface area contributed by atoms with Gasteiger partial charge in [0, 0.05) is 6.92 Å². The van der Waals surface area contributed by atoms with Crippen LogP contribution in [0, 0.1) is 13.8 Å². The summed E-state index contributed by atoms with van der Waals surface area (Å²) < 4.78 is 4.65. The zero-order valence-corrected chi connectivity index (χ0v) is 15.0. The summed E-state index contributed by atoms with van der Waals surface area (Å²) >= 11 is 0. The number of hydrogen-bond acceptors (Lipinski definition) is 6. The molecule has 1 fully saturated rings. The van der Waals surface area contributed by atoms with Crippen LogP contribution in [0.25, 0.3) is 0 Å². The molecule has 0 aromatic heterocycles. The number of rotatable bonds is 2. The maximum absolute atomic E-state index is 13.2. The third-order valence-corrected chi connectivity index (χ3v) is 4.73. The maximum Gasteiger partial charge on any atom is 0.355 e. The van der Waals surface area contributed by atoms with Crippen LogP contribution < -0.4 is 10.3 Å². The fourth-order valence-electron chi connectivity index (χ4n) is 3.24. The molecule has 0 unspecified atom stereocenters. The molecule has 1 atom stereocenters. The molecule has 8 heteroatoms. The number of ether oxygens (including phenoxy) is 1. The quantitative estimate of drug-likeness (QED) is 0.619. The van der Waals surface area contributed by atoms with Gasteiger partial charge >= 0.3 is 5.97 Å². The molecule has 26 heavy (non-hydrogen) atoms. The predicted molar refractivity (Wildman–Crippen MR) is 91.5 cm³/mol.